The van der Waals surface area contributed by atoms with Gasteiger partial charge in [0.15, 0.2) is 0 Å². The number of morpholine rings is 1. The molecule has 150 valence electrons. The van der Waals surface area contributed by atoms with E-state index in [1.54, 1.807) is 12.3 Å². The first kappa shape index (κ1) is 19.3. The van der Waals surface area contributed by atoms with E-state index >= 15 is 0 Å². The maximum atomic E-state index is 12.3. The molecule has 0 radical (unpaired) electrons. The SMILES string of the molecule is NC(=O)c1cc(-c2csc(-c3cccc(NC(=O)CN4CCOCC4)c3)n2)c[nH]1. The molecular weight excluding hydrogens is 390 g/mol. The first-order valence-corrected chi connectivity index (χ1v) is 10.1. The molecule has 0 aliphatic carbocycles. The summed E-state index contributed by atoms with van der Waals surface area (Å²) in [6.07, 6.45) is 1.71. The summed E-state index contributed by atoms with van der Waals surface area (Å²) in [4.78, 5) is 33.2. The van der Waals surface area contributed by atoms with Crippen molar-refractivity contribution in [3.63, 3.8) is 0 Å². The fourth-order valence-corrected chi connectivity index (χ4v) is 3.94. The number of carbonyl (C=O) groups is 2. The van der Waals surface area contributed by atoms with Gasteiger partial charge in [0, 0.05) is 41.5 Å². The molecule has 0 atom stereocenters. The van der Waals surface area contributed by atoms with Gasteiger partial charge in [-0.2, -0.15) is 0 Å². The van der Waals surface area contributed by atoms with Crippen LogP contribution >= 0.6 is 11.3 Å². The zero-order valence-electron chi connectivity index (χ0n) is 15.7. The lowest BCUT2D eigenvalue weighted by Gasteiger charge is -2.25. The molecule has 9 heteroatoms. The topological polar surface area (TPSA) is 113 Å². The molecule has 3 aromatic rings. The molecule has 1 fully saturated rings. The smallest absolute Gasteiger partial charge is 0.265 e. The van der Waals surface area contributed by atoms with E-state index < -0.39 is 5.91 Å². The third kappa shape index (κ3) is 4.70. The van der Waals surface area contributed by atoms with E-state index in [0.717, 1.165) is 40.6 Å². The molecule has 0 spiro atoms. The molecule has 2 aromatic heterocycles. The molecule has 4 N–H and O–H groups in total. The average Bonchev–Trinajstić information content (AvgIpc) is 3.39. The largest absolute Gasteiger partial charge is 0.379 e. The second-order valence-electron chi connectivity index (χ2n) is 6.72. The summed E-state index contributed by atoms with van der Waals surface area (Å²) in [7, 11) is 0. The molecule has 3 heterocycles. The number of nitrogens with two attached hydrogens (primary N) is 1. The molecule has 0 saturated carbocycles. The number of thiazole rings is 1. The van der Waals surface area contributed by atoms with Crippen LogP contribution in [0.3, 0.4) is 0 Å². The quantitative estimate of drug-likeness (QED) is 0.575. The van der Waals surface area contributed by atoms with Crippen molar-refractivity contribution in [1.29, 1.82) is 0 Å². The maximum Gasteiger partial charge on any atom is 0.265 e. The van der Waals surface area contributed by atoms with Gasteiger partial charge in [0.25, 0.3) is 5.91 Å². The number of primary amides is 1. The highest BCUT2D eigenvalue weighted by atomic mass is 32.1. The van der Waals surface area contributed by atoms with E-state index in [-0.39, 0.29) is 5.91 Å². The van der Waals surface area contributed by atoms with E-state index in [1.807, 2.05) is 29.6 Å². The Bertz CT molecular complexity index is 1020. The molecule has 0 bridgehead atoms. The van der Waals surface area contributed by atoms with Crippen molar-refractivity contribution in [2.75, 3.05) is 38.2 Å². The van der Waals surface area contributed by atoms with Crippen LogP contribution in [0.2, 0.25) is 0 Å². The first-order valence-electron chi connectivity index (χ1n) is 9.23. The number of aromatic amines is 1. The Morgan fingerprint density at radius 3 is 2.83 bits per heavy atom. The molecule has 4 rings (SSSR count). The monoisotopic (exact) mass is 411 g/mol. The third-order valence-electron chi connectivity index (χ3n) is 4.61. The number of anilines is 1. The molecule has 29 heavy (non-hydrogen) atoms. The number of hydrogen-bond donors (Lipinski definition) is 3. The summed E-state index contributed by atoms with van der Waals surface area (Å²) < 4.78 is 5.31. The zero-order chi connectivity index (χ0) is 20.2. The van der Waals surface area contributed by atoms with Crippen LogP contribution in [0.15, 0.2) is 41.9 Å². The number of benzene rings is 1. The minimum Gasteiger partial charge on any atom is -0.379 e. The summed E-state index contributed by atoms with van der Waals surface area (Å²) >= 11 is 1.50. The molecule has 2 amide bonds. The summed E-state index contributed by atoms with van der Waals surface area (Å²) in [6, 6.07) is 9.30. The molecular formula is C20H21N5O3S. The highest BCUT2D eigenvalue weighted by molar-refractivity contribution is 7.13. The summed E-state index contributed by atoms with van der Waals surface area (Å²) in [5.41, 5.74) is 8.84. The van der Waals surface area contributed by atoms with Gasteiger partial charge >= 0.3 is 0 Å². The van der Waals surface area contributed by atoms with Gasteiger partial charge in [0.05, 0.1) is 25.5 Å². The number of H-pyrrole nitrogens is 1. The normalized spacial score (nSPS) is 14.6. The predicted octanol–water partition coefficient (Wildman–Crippen LogP) is 2.17. The van der Waals surface area contributed by atoms with Crippen molar-refractivity contribution in [1.82, 2.24) is 14.9 Å². The van der Waals surface area contributed by atoms with Crippen LogP contribution in [0.25, 0.3) is 21.8 Å². The second kappa shape index (κ2) is 8.56. The number of carbonyl (C=O) groups excluding carboxylic acids is 2. The van der Waals surface area contributed by atoms with E-state index in [1.165, 1.54) is 11.3 Å². The fraction of sp³-hybridized carbons (Fsp3) is 0.250. The number of nitrogens with zero attached hydrogens (tertiary/aromatic N) is 2. The number of aromatic nitrogens is 2. The summed E-state index contributed by atoms with van der Waals surface area (Å²) in [5.74, 6) is -0.553. The Morgan fingerprint density at radius 2 is 2.07 bits per heavy atom. The Kier molecular flexibility index (Phi) is 5.70. The van der Waals surface area contributed by atoms with Crippen molar-refractivity contribution >= 4 is 28.8 Å². The van der Waals surface area contributed by atoms with Gasteiger partial charge in [-0.15, -0.1) is 11.3 Å². The van der Waals surface area contributed by atoms with Crippen LogP contribution in [0, 0.1) is 0 Å². The number of ether oxygens (including phenoxy) is 1. The Morgan fingerprint density at radius 1 is 1.24 bits per heavy atom. The minimum atomic E-state index is -0.507. The van der Waals surface area contributed by atoms with Crippen molar-refractivity contribution < 1.29 is 14.3 Å². The molecule has 1 saturated heterocycles. The van der Waals surface area contributed by atoms with Crippen LogP contribution in [0.4, 0.5) is 5.69 Å². The number of hydrogen-bond acceptors (Lipinski definition) is 6. The zero-order valence-corrected chi connectivity index (χ0v) is 16.5. The molecule has 1 aliphatic rings. The standard InChI is InChI=1S/C20H21N5O3S/c21-19(27)16-9-14(10-22-16)17-12-29-20(24-17)13-2-1-3-15(8-13)23-18(26)11-25-4-6-28-7-5-25/h1-3,8-10,12,22H,4-7,11H2,(H2,21,27)(H,23,26). The lowest BCUT2D eigenvalue weighted by Crippen LogP contribution is -2.41. The van der Waals surface area contributed by atoms with Gasteiger partial charge in [-0.3, -0.25) is 14.5 Å². The van der Waals surface area contributed by atoms with Gasteiger partial charge < -0.3 is 20.8 Å². The maximum absolute atomic E-state index is 12.3. The Labute approximate surface area is 171 Å². The molecule has 8 nitrogen and oxygen atoms in total. The van der Waals surface area contributed by atoms with E-state index in [4.69, 9.17) is 10.5 Å². The molecule has 1 aliphatic heterocycles. The van der Waals surface area contributed by atoms with Crippen LogP contribution in [0.5, 0.6) is 0 Å². The number of rotatable bonds is 6. The molecule has 1 aromatic carbocycles. The van der Waals surface area contributed by atoms with Crippen molar-refractivity contribution in [3.8, 4) is 21.8 Å². The summed E-state index contributed by atoms with van der Waals surface area (Å²) in [6.45, 7) is 3.22. The lowest BCUT2D eigenvalue weighted by atomic mass is 10.2. The van der Waals surface area contributed by atoms with Crippen molar-refractivity contribution in [3.05, 3.63) is 47.6 Å². The molecule has 0 unspecified atom stereocenters. The number of nitrogens with one attached hydrogen (secondary N) is 2. The second-order valence-corrected chi connectivity index (χ2v) is 7.58. The van der Waals surface area contributed by atoms with Gasteiger partial charge in [-0.25, -0.2) is 4.98 Å². The first-order chi connectivity index (χ1) is 14.1. The van der Waals surface area contributed by atoms with E-state index in [2.05, 4.69) is 20.2 Å². The van der Waals surface area contributed by atoms with Gasteiger partial charge in [-0.1, -0.05) is 12.1 Å². The van der Waals surface area contributed by atoms with Crippen LogP contribution < -0.4 is 11.1 Å². The van der Waals surface area contributed by atoms with Crippen LogP contribution in [0.1, 0.15) is 10.5 Å². The van der Waals surface area contributed by atoms with Crippen molar-refractivity contribution in [2.24, 2.45) is 5.73 Å². The van der Waals surface area contributed by atoms with Gasteiger partial charge in [0.1, 0.15) is 10.7 Å². The minimum absolute atomic E-state index is 0.0461. The fourth-order valence-electron chi connectivity index (χ4n) is 3.12. The summed E-state index contributed by atoms with van der Waals surface area (Å²) in [5, 5.41) is 5.70. The highest BCUT2D eigenvalue weighted by Gasteiger charge is 2.15. The van der Waals surface area contributed by atoms with Crippen LogP contribution in [-0.2, 0) is 9.53 Å². The van der Waals surface area contributed by atoms with Gasteiger partial charge in [-0.05, 0) is 18.2 Å². The van der Waals surface area contributed by atoms with Gasteiger partial charge in [0.2, 0.25) is 5.91 Å². The number of amides is 2. The Hall–Kier alpha value is -3.01. The van der Waals surface area contributed by atoms with E-state index in [0.29, 0.717) is 25.5 Å². The highest BCUT2D eigenvalue weighted by Crippen LogP contribution is 2.30. The lowest BCUT2D eigenvalue weighted by molar-refractivity contribution is -0.118. The Balaban J connectivity index is 1.45. The predicted molar refractivity (Wildman–Crippen MR) is 112 cm³/mol. The van der Waals surface area contributed by atoms with E-state index in [9.17, 15) is 9.59 Å². The third-order valence-corrected chi connectivity index (χ3v) is 5.50. The van der Waals surface area contributed by atoms with Crippen molar-refractivity contribution in [2.45, 2.75) is 0 Å². The average molecular weight is 411 g/mol. The van der Waals surface area contributed by atoms with Crippen LogP contribution in [-0.4, -0.2) is 59.5 Å².